The van der Waals surface area contributed by atoms with Crippen LogP contribution in [0.4, 0.5) is 0 Å². The summed E-state index contributed by atoms with van der Waals surface area (Å²) < 4.78 is 0. The zero-order chi connectivity index (χ0) is 12.2. The molecular formula is C12H30N2O3. The summed E-state index contributed by atoms with van der Waals surface area (Å²) in [4.78, 5) is 4.33. The van der Waals surface area contributed by atoms with Gasteiger partial charge in [0.2, 0.25) is 0 Å². The van der Waals surface area contributed by atoms with Crippen LogP contribution < -0.4 is 0 Å². The van der Waals surface area contributed by atoms with Gasteiger partial charge in [0.15, 0.2) is 0 Å². The molecule has 0 atom stereocenters. The van der Waals surface area contributed by atoms with E-state index in [2.05, 4.69) is 9.80 Å². The van der Waals surface area contributed by atoms with Gasteiger partial charge in [0.1, 0.15) is 0 Å². The first-order chi connectivity index (χ1) is 7.70. The smallest absolute Gasteiger partial charge is 0.0558 e. The molecule has 0 saturated heterocycles. The fourth-order valence-electron chi connectivity index (χ4n) is 1.68. The van der Waals surface area contributed by atoms with Gasteiger partial charge in [-0.25, -0.2) is 0 Å². The van der Waals surface area contributed by atoms with Gasteiger partial charge >= 0.3 is 0 Å². The fraction of sp³-hybridized carbons (Fsp3) is 1.00. The first kappa shape index (κ1) is 19.1. The van der Waals surface area contributed by atoms with Crippen molar-refractivity contribution < 1.29 is 15.7 Å². The van der Waals surface area contributed by atoms with E-state index in [1.807, 2.05) is 14.1 Å². The minimum absolute atomic E-state index is 0. The molecule has 0 radical (unpaired) electrons. The number of nitrogens with zero attached hydrogens (tertiary/aromatic N) is 2. The Labute approximate surface area is 105 Å². The molecule has 0 aliphatic carbocycles. The number of aliphatic hydroxyl groups excluding tert-OH is 2. The number of aliphatic hydroxyl groups is 2. The third-order valence-corrected chi connectivity index (χ3v) is 2.79. The molecular weight excluding hydrogens is 220 g/mol. The quantitative estimate of drug-likeness (QED) is 0.488. The van der Waals surface area contributed by atoms with Crippen molar-refractivity contribution in [1.29, 1.82) is 0 Å². The van der Waals surface area contributed by atoms with E-state index in [0.29, 0.717) is 0 Å². The third kappa shape index (κ3) is 13.7. The second-order valence-corrected chi connectivity index (χ2v) is 4.47. The van der Waals surface area contributed by atoms with Crippen molar-refractivity contribution in [3.8, 4) is 0 Å². The molecule has 4 N–H and O–H groups in total. The van der Waals surface area contributed by atoms with Crippen LogP contribution in [0.2, 0.25) is 0 Å². The molecule has 0 aliphatic rings. The Bertz CT molecular complexity index is 132. The number of hydrogen-bond acceptors (Lipinski definition) is 4. The van der Waals surface area contributed by atoms with Gasteiger partial charge in [-0.3, -0.25) is 0 Å². The predicted molar refractivity (Wildman–Crippen MR) is 71.2 cm³/mol. The maximum Gasteiger partial charge on any atom is 0.0558 e. The molecule has 0 aliphatic heterocycles. The van der Waals surface area contributed by atoms with Gasteiger partial charge in [-0.05, 0) is 40.0 Å². The van der Waals surface area contributed by atoms with Gasteiger partial charge in [-0.2, -0.15) is 0 Å². The van der Waals surface area contributed by atoms with Crippen LogP contribution >= 0.6 is 0 Å². The molecule has 0 rings (SSSR count). The Hall–Kier alpha value is -0.200. The molecule has 17 heavy (non-hydrogen) atoms. The second-order valence-electron chi connectivity index (χ2n) is 4.47. The van der Waals surface area contributed by atoms with Gasteiger partial charge in [0.05, 0.1) is 13.2 Å². The summed E-state index contributed by atoms with van der Waals surface area (Å²) in [7, 11) is 4.09. The molecule has 0 aromatic heterocycles. The van der Waals surface area contributed by atoms with Crippen LogP contribution in [0.3, 0.4) is 0 Å². The van der Waals surface area contributed by atoms with Crippen molar-refractivity contribution in [1.82, 2.24) is 9.80 Å². The molecule has 0 saturated carbocycles. The first-order valence-corrected chi connectivity index (χ1v) is 6.29. The Balaban J connectivity index is 0. The number of hydrogen-bond donors (Lipinski definition) is 2. The minimum atomic E-state index is 0. The Morgan fingerprint density at radius 3 is 1.29 bits per heavy atom. The molecule has 0 fully saturated rings. The van der Waals surface area contributed by atoms with Gasteiger partial charge in [-0.1, -0.05) is 12.8 Å². The van der Waals surface area contributed by atoms with Crippen molar-refractivity contribution in [2.24, 2.45) is 0 Å². The van der Waals surface area contributed by atoms with Crippen LogP contribution in [0, 0.1) is 0 Å². The lowest BCUT2D eigenvalue weighted by molar-refractivity contribution is 0.214. The predicted octanol–water partition coefficient (Wildman–Crippen LogP) is -0.430. The first-order valence-electron chi connectivity index (χ1n) is 6.29. The topological polar surface area (TPSA) is 78.4 Å². The number of rotatable bonds is 11. The highest BCUT2D eigenvalue weighted by molar-refractivity contribution is 4.54. The van der Waals surface area contributed by atoms with Gasteiger partial charge in [-0.15, -0.1) is 0 Å². The number of unbranched alkanes of at least 4 members (excludes halogenated alkanes) is 3. The van der Waals surface area contributed by atoms with E-state index in [1.165, 1.54) is 25.7 Å². The van der Waals surface area contributed by atoms with E-state index in [1.54, 1.807) is 0 Å². The third-order valence-electron chi connectivity index (χ3n) is 2.79. The van der Waals surface area contributed by atoms with Crippen LogP contribution in [0.1, 0.15) is 25.7 Å². The minimum Gasteiger partial charge on any atom is -0.412 e. The maximum absolute atomic E-state index is 8.72. The summed E-state index contributed by atoms with van der Waals surface area (Å²) in [6.45, 7) is 4.21. The van der Waals surface area contributed by atoms with E-state index in [0.717, 1.165) is 26.2 Å². The highest BCUT2D eigenvalue weighted by Crippen LogP contribution is 2.01. The molecule has 106 valence electrons. The van der Waals surface area contributed by atoms with E-state index >= 15 is 0 Å². The van der Waals surface area contributed by atoms with Crippen molar-refractivity contribution in [2.75, 3.05) is 53.5 Å². The lowest BCUT2D eigenvalue weighted by atomic mass is 10.2. The normalized spacial score (nSPS) is 10.9. The van der Waals surface area contributed by atoms with Crippen molar-refractivity contribution in [3.05, 3.63) is 0 Å². The molecule has 0 unspecified atom stereocenters. The summed E-state index contributed by atoms with van der Waals surface area (Å²) in [5, 5.41) is 17.4. The van der Waals surface area contributed by atoms with Crippen molar-refractivity contribution in [2.45, 2.75) is 25.7 Å². The molecule has 0 heterocycles. The van der Waals surface area contributed by atoms with Crippen LogP contribution in [0.5, 0.6) is 0 Å². The molecule has 0 bridgehead atoms. The van der Waals surface area contributed by atoms with E-state index < -0.39 is 0 Å². The molecule has 0 aromatic carbocycles. The second kappa shape index (κ2) is 13.9. The summed E-state index contributed by atoms with van der Waals surface area (Å²) in [6, 6.07) is 0. The average molecular weight is 250 g/mol. The fourth-order valence-corrected chi connectivity index (χ4v) is 1.68. The number of likely N-dealkylation sites (N-methyl/N-ethyl adjacent to an activating group) is 2. The maximum atomic E-state index is 8.72. The summed E-state index contributed by atoms with van der Waals surface area (Å²) in [5.74, 6) is 0. The summed E-state index contributed by atoms with van der Waals surface area (Å²) in [5.41, 5.74) is 0. The molecule has 0 aromatic rings. The SMILES string of the molecule is CN(CCO)CCCCCCN(C)CCO.O. The van der Waals surface area contributed by atoms with Crippen molar-refractivity contribution in [3.63, 3.8) is 0 Å². The highest BCUT2D eigenvalue weighted by Gasteiger charge is 1.98. The van der Waals surface area contributed by atoms with E-state index in [-0.39, 0.29) is 18.7 Å². The van der Waals surface area contributed by atoms with Crippen molar-refractivity contribution >= 4 is 0 Å². The lowest BCUT2D eigenvalue weighted by Gasteiger charge is -2.16. The van der Waals surface area contributed by atoms with Crippen LogP contribution in [-0.4, -0.2) is 79.0 Å². The zero-order valence-corrected chi connectivity index (χ0v) is 11.4. The summed E-state index contributed by atoms with van der Waals surface area (Å²) >= 11 is 0. The Morgan fingerprint density at radius 1 is 0.647 bits per heavy atom. The lowest BCUT2D eigenvalue weighted by Crippen LogP contribution is -2.24. The Kier molecular flexibility index (Phi) is 15.6. The monoisotopic (exact) mass is 250 g/mol. The van der Waals surface area contributed by atoms with Crippen LogP contribution in [-0.2, 0) is 0 Å². The average Bonchev–Trinajstić information content (AvgIpc) is 2.24. The van der Waals surface area contributed by atoms with Gasteiger partial charge in [0.25, 0.3) is 0 Å². The van der Waals surface area contributed by atoms with Gasteiger partial charge in [0, 0.05) is 13.1 Å². The largest absolute Gasteiger partial charge is 0.412 e. The molecule has 5 heteroatoms. The van der Waals surface area contributed by atoms with Crippen LogP contribution in [0.15, 0.2) is 0 Å². The Morgan fingerprint density at radius 2 is 1.00 bits per heavy atom. The summed E-state index contributed by atoms with van der Waals surface area (Å²) in [6.07, 6.45) is 4.92. The van der Waals surface area contributed by atoms with E-state index in [4.69, 9.17) is 10.2 Å². The van der Waals surface area contributed by atoms with Gasteiger partial charge < -0.3 is 25.5 Å². The molecule has 5 nitrogen and oxygen atoms in total. The standard InChI is InChI=1S/C12H28N2O2.H2O/c1-13(9-11-15)7-5-3-4-6-8-14(2)10-12-16;/h15-16H,3-12H2,1-2H3;1H2. The van der Waals surface area contributed by atoms with E-state index in [9.17, 15) is 0 Å². The molecule has 0 amide bonds. The zero-order valence-electron chi connectivity index (χ0n) is 11.4. The van der Waals surface area contributed by atoms with Crippen LogP contribution in [0.25, 0.3) is 0 Å². The molecule has 0 spiro atoms. The highest BCUT2D eigenvalue weighted by atomic mass is 16.3.